The number of hydrogen-bond acceptors (Lipinski definition) is 7. The Labute approximate surface area is 161 Å². The molecular weight excluding hydrogens is 367 g/mol. The highest BCUT2D eigenvalue weighted by atomic mass is 19.1. The van der Waals surface area contributed by atoms with Crippen LogP contribution in [0, 0.1) is 12.7 Å². The Kier molecular flexibility index (Phi) is 5.88. The highest BCUT2D eigenvalue weighted by Gasteiger charge is 2.20. The first-order valence-corrected chi connectivity index (χ1v) is 8.52. The third-order valence-corrected chi connectivity index (χ3v) is 3.94. The molecule has 0 radical (unpaired) electrons. The number of rotatable bonds is 7. The van der Waals surface area contributed by atoms with E-state index >= 15 is 0 Å². The van der Waals surface area contributed by atoms with Gasteiger partial charge < -0.3 is 18.7 Å². The van der Waals surface area contributed by atoms with Crippen LogP contribution in [-0.2, 0) is 9.53 Å². The van der Waals surface area contributed by atoms with Crippen LogP contribution < -0.4 is 9.47 Å². The van der Waals surface area contributed by atoms with Gasteiger partial charge in [-0.05, 0) is 49.7 Å². The van der Waals surface area contributed by atoms with Crippen LogP contribution in [0.25, 0.3) is 11.4 Å². The Balaban J connectivity index is 1.56. The lowest BCUT2D eigenvalue weighted by Crippen LogP contribution is -2.17. The van der Waals surface area contributed by atoms with Crippen molar-refractivity contribution in [3.63, 3.8) is 0 Å². The summed E-state index contributed by atoms with van der Waals surface area (Å²) in [6.07, 6.45) is -0.775. The lowest BCUT2D eigenvalue weighted by Gasteiger charge is -2.10. The molecule has 0 bridgehead atoms. The molecule has 2 aromatic carbocycles. The summed E-state index contributed by atoms with van der Waals surface area (Å²) in [6, 6.07) is 11.4. The van der Waals surface area contributed by atoms with Gasteiger partial charge in [-0.25, -0.2) is 9.18 Å². The van der Waals surface area contributed by atoms with Crippen molar-refractivity contribution in [3.05, 3.63) is 59.7 Å². The minimum absolute atomic E-state index is 0.105. The standard InChI is InChI=1S/C20H19FN2O5/c1-12-4-5-14(10-17(12)21)19-22-20(28-23-19)13(2)27-18(24)11-26-16-8-6-15(25-3)7-9-16/h4-10,13H,11H2,1-3H3. The summed E-state index contributed by atoms with van der Waals surface area (Å²) in [5.41, 5.74) is 0.992. The molecule has 0 fully saturated rings. The summed E-state index contributed by atoms with van der Waals surface area (Å²) in [6.45, 7) is 2.98. The second-order valence-corrected chi connectivity index (χ2v) is 6.02. The molecule has 146 valence electrons. The number of halogens is 1. The largest absolute Gasteiger partial charge is 0.497 e. The second kappa shape index (κ2) is 8.51. The number of aryl methyl sites for hydroxylation is 1. The van der Waals surface area contributed by atoms with Gasteiger partial charge in [0.05, 0.1) is 7.11 Å². The molecule has 0 saturated carbocycles. The Bertz CT molecular complexity index is 955. The minimum atomic E-state index is -0.775. The third kappa shape index (κ3) is 4.64. The molecule has 1 aromatic heterocycles. The van der Waals surface area contributed by atoms with Gasteiger partial charge in [-0.2, -0.15) is 4.98 Å². The van der Waals surface area contributed by atoms with Crippen LogP contribution >= 0.6 is 0 Å². The number of carbonyl (C=O) groups is 1. The predicted molar refractivity (Wildman–Crippen MR) is 97.4 cm³/mol. The van der Waals surface area contributed by atoms with Crippen molar-refractivity contribution in [1.29, 1.82) is 0 Å². The smallest absolute Gasteiger partial charge is 0.344 e. The van der Waals surface area contributed by atoms with E-state index < -0.39 is 12.1 Å². The van der Waals surface area contributed by atoms with E-state index in [0.717, 1.165) is 0 Å². The SMILES string of the molecule is COc1ccc(OCC(=O)OC(C)c2nc(-c3ccc(C)c(F)c3)no2)cc1. The Morgan fingerprint density at radius 1 is 1.18 bits per heavy atom. The maximum absolute atomic E-state index is 13.7. The number of carbonyl (C=O) groups excluding carboxylic acids is 1. The molecule has 0 N–H and O–H groups in total. The Morgan fingerprint density at radius 3 is 2.57 bits per heavy atom. The van der Waals surface area contributed by atoms with E-state index in [0.29, 0.717) is 22.6 Å². The number of benzene rings is 2. The molecule has 1 unspecified atom stereocenters. The molecule has 0 aliphatic heterocycles. The van der Waals surface area contributed by atoms with Gasteiger partial charge in [0.15, 0.2) is 12.7 Å². The van der Waals surface area contributed by atoms with Crippen molar-refractivity contribution >= 4 is 5.97 Å². The summed E-state index contributed by atoms with van der Waals surface area (Å²) in [5, 5.41) is 3.81. The second-order valence-electron chi connectivity index (χ2n) is 6.02. The van der Waals surface area contributed by atoms with E-state index in [2.05, 4.69) is 10.1 Å². The number of nitrogens with zero attached hydrogens (tertiary/aromatic N) is 2. The molecule has 3 rings (SSSR count). The zero-order chi connectivity index (χ0) is 20.1. The van der Waals surface area contributed by atoms with E-state index in [1.165, 1.54) is 6.07 Å². The molecule has 8 heteroatoms. The van der Waals surface area contributed by atoms with E-state index in [-0.39, 0.29) is 24.1 Å². The fourth-order valence-electron chi connectivity index (χ4n) is 2.35. The van der Waals surface area contributed by atoms with Gasteiger partial charge in [-0.3, -0.25) is 0 Å². The van der Waals surface area contributed by atoms with Crippen LogP contribution in [0.3, 0.4) is 0 Å². The normalized spacial score (nSPS) is 11.7. The number of methoxy groups -OCH3 is 1. The first-order chi connectivity index (χ1) is 13.5. The van der Waals surface area contributed by atoms with Gasteiger partial charge >= 0.3 is 5.97 Å². The monoisotopic (exact) mass is 386 g/mol. The molecule has 0 spiro atoms. The molecule has 3 aromatic rings. The number of esters is 1. The predicted octanol–water partition coefficient (Wildman–Crippen LogP) is 3.88. The topological polar surface area (TPSA) is 83.7 Å². The zero-order valence-corrected chi connectivity index (χ0v) is 15.6. The number of aromatic nitrogens is 2. The molecule has 1 atom stereocenters. The van der Waals surface area contributed by atoms with Crippen LogP contribution in [0.2, 0.25) is 0 Å². The van der Waals surface area contributed by atoms with Crippen molar-refractivity contribution in [2.75, 3.05) is 13.7 Å². The van der Waals surface area contributed by atoms with Crippen molar-refractivity contribution in [2.24, 2.45) is 0 Å². The number of ether oxygens (including phenoxy) is 3. The quantitative estimate of drug-likeness (QED) is 0.570. The zero-order valence-electron chi connectivity index (χ0n) is 15.6. The molecule has 0 saturated heterocycles. The first-order valence-electron chi connectivity index (χ1n) is 8.52. The summed E-state index contributed by atoms with van der Waals surface area (Å²) >= 11 is 0. The summed E-state index contributed by atoms with van der Waals surface area (Å²) in [4.78, 5) is 16.1. The van der Waals surface area contributed by atoms with Crippen LogP contribution in [-0.4, -0.2) is 29.8 Å². The van der Waals surface area contributed by atoms with Gasteiger partial charge in [0.1, 0.15) is 17.3 Å². The lowest BCUT2D eigenvalue weighted by atomic mass is 10.1. The van der Waals surface area contributed by atoms with Crippen molar-refractivity contribution in [2.45, 2.75) is 20.0 Å². The van der Waals surface area contributed by atoms with Gasteiger partial charge in [0.2, 0.25) is 5.82 Å². The van der Waals surface area contributed by atoms with Crippen LogP contribution in [0.1, 0.15) is 24.5 Å². The highest BCUT2D eigenvalue weighted by Crippen LogP contribution is 2.23. The van der Waals surface area contributed by atoms with Crippen LogP contribution in [0.5, 0.6) is 11.5 Å². The van der Waals surface area contributed by atoms with Crippen molar-refractivity contribution < 1.29 is 27.9 Å². The Morgan fingerprint density at radius 2 is 1.89 bits per heavy atom. The highest BCUT2D eigenvalue weighted by molar-refractivity contribution is 5.71. The van der Waals surface area contributed by atoms with Crippen molar-refractivity contribution in [3.8, 4) is 22.9 Å². The first kappa shape index (κ1) is 19.3. The van der Waals surface area contributed by atoms with E-state index in [1.807, 2.05) is 0 Å². The van der Waals surface area contributed by atoms with Crippen LogP contribution in [0.4, 0.5) is 4.39 Å². The van der Waals surface area contributed by atoms with Crippen molar-refractivity contribution in [1.82, 2.24) is 10.1 Å². The minimum Gasteiger partial charge on any atom is -0.497 e. The molecule has 28 heavy (non-hydrogen) atoms. The average Bonchev–Trinajstić information content (AvgIpc) is 3.19. The average molecular weight is 386 g/mol. The fourth-order valence-corrected chi connectivity index (χ4v) is 2.35. The summed E-state index contributed by atoms with van der Waals surface area (Å²) in [5.74, 6) is 0.555. The maximum atomic E-state index is 13.7. The molecule has 0 aliphatic rings. The van der Waals surface area contributed by atoms with Gasteiger partial charge in [-0.15, -0.1) is 0 Å². The number of hydrogen-bond donors (Lipinski definition) is 0. The van der Waals surface area contributed by atoms with Gasteiger partial charge in [0, 0.05) is 5.56 Å². The molecule has 7 nitrogen and oxygen atoms in total. The maximum Gasteiger partial charge on any atom is 0.344 e. The molecule has 0 amide bonds. The summed E-state index contributed by atoms with van der Waals surface area (Å²) < 4.78 is 34.5. The van der Waals surface area contributed by atoms with E-state index in [1.54, 1.807) is 57.4 Å². The Hall–Kier alpha value is -3.42. The molecule has 1 heterocycles. The van der Waals surface area contributed by atoms with E-state index in [4.69, 9.17) is 18.7 Å². The van der Waals surface area contributed by atoms with E-state index in [9.17, 15) is 9.18 Å². The van der Waals surface area contributed by atoms with Gasteiger partial charge in [0.25, 0.3) is 5.89 Å². The lowest BCUT2D eigenvalue weighted by molar-refractivity contribution is -0.152. The molecular formula is C20H19FN2O5. The van der Waals surface area contributed by atoms with Gasteiger partial charge in [-0.1, -0.05) is 17.3 Å². The summed E-state index contributed by atoms with van der Waals surface area (Å²) in [7, 11) is 1.56. The van der Waals surface area contributed by atoms with Crippen LogP contribution in [0.15, 0.2) is 47.0 Å². The molecule has 0 aliphatic carbocycles. The third-order valence-electron chi connectivity index (χ3n) is 3.94. The fraction of sp³-hybridized carbons (Fsp3) is 0.250.